The number of hydrogen-bond donors (Lipinski definition) is 1. The van der Waals surface area contributed by atoms with E-state index in [1.54, 1.807) is 0 Å². The molecule has 0 aromatic heterocycles. The Kier molecular flexibility index (Phi) is 8.04. The number of likely N-dealkylation sites (tertiary alicyclic amines) is 1. The number of nitrogens with zero attached hydrogens (tertiary/aromatic N) is 1. The topological polar surface area (TPSA) is 41.6 Å². The zero-order valence-corrected chi connectivity index (χ0v) is 16.0. The molecule has 1 saturated carbocycles. The van der Waals surface area contributed by atoms with Gasteiger partial charge in [0.1, 0.15) is 5.75 Å². The van der Waals surface area contributed by atoms with Crippen molar-refractivity contribution in [1.82, 2.24) is 10.2 Å². The van der Waals surface area contributed by atoms with E-state index in [2.05, 4.69) is 17.4 Å². The van der Waals surface area contributed by atoms with Crippen LogP contribution >= 0.6 is 12.4 Å². The van der Waals surface area contributed by atoms with Gasteiger partial charge in [-0.1, -0.05) is 12.1 Å². The summed E-state index contributed by atoms with van der Waals surface area (Å²) in [6.45, 7) is 2.82. The Bertz CT molecular complexity index is 546. The first-order chi connectivity index (χ1) is 11.7. The molecule has 1 amide bonds. The molecular formula is C20H31ClN2O2. The van der Waals surface area contributed by atoms with Gasteiger partial charge in [0.15, 0.2) is 0 Å². The van der Waals surface area contributed by atoms with Gasteiger partial charge in [-0.25, -0.2) is 0 Å². The fourth-order valence-corrected chi connectivity index (χ4v) is 3.90. The standard InChI is InChI=1S/C20H30N2O2.ClH/c1-21-14-17-11-12-22(15-17)20(23)10-9-16-5-4-8-19(13-16)24-18-6-2-3-7-18;/h4-5,8,13,17-18,21H,2-3,6-7,9-12,14-15H2,1H3;1H. The number of carbonyl (C=O) groups excluding carboxylic acids is 1. The van der Waals surface area contributed by atoms with Crippen LogP contribution in [0.4, 0.5) is 0 Å². The Morgan fingerprint density at radius 3 is 2.84 bits per heavy atom. The molecule has 0 spiro atoms. The molecule has 3 rings (SSSR count). The predicted octanol–water partition coefficient (Wildman–Crippen LogP) is 3.43. The van der Waals surface area contributed by atoms with Gasteiger partial charge in [0.25, 0.3) is 0 Å². The molecule has 5 heteroatoms. The lowest BCUT2D eigenvalue weighted by Gasteiger charge is -2.17. The lowest BCUT2D eigenvalue weighted by molar-refractivity contribution is -0.130. The van der Waals surface area contributed by atoms with Crippen LogP contribution in [-0.2, 0) is 11.2 Å². The third-order valence-electron chi connectivity index (χ3n) is 5.26. The van der Waals surface area contributed by atoms with Crippen molar-refractivity contribution in [3.8, 4) is 5.75 Å². The first kappa shape index (κ1) is 20.1. The van der Waals surface area contributed by atoms with Crippen LogP contribution in [0.25, 0.3) is 0 Å². The first-order valence-electron chi connectivity index (χ1n) is 9.42. The number of benzene rings is 1. The molecular weight excluding hydrogens is 336 g/mol. The van der Waals surface area contributed by atoms with Crippen molar-refractivity contribution >= 4 is 18.3 Å². The Balaban J connectivity index is 0.00000225. The third-order valence-corrected chi connectivity index (χ3v) is 5.26. The Labute approximate surface area is 157 Å². The molecule has 140 valence electrons. The zero-order valence-electron chi connectivity index (χ0n) is 15.2. The molecule has 1 heterocycles. The Morgan fingerprint density at radius 2 is 2.08 bits per heavy atom. The maximum atomic E-state index is 12.4. The monoisotopic (exact) mass is 366 g/mol. The highest BCUT2D eigenvalue weighted by Crippen LogP contribution is 2.25. The second-order valence-electron chi connectivity index (χ2n) is 7.22. The van der Waals surface area contributed by atoms with Crippen molar-refractivity contribution in [1.29, 1.82) is 0 Å². The van der Waals surface area contributed by atoms with Crippen LogP contribution in [0.15, 0.2) is 24.3 Å². The van der Waals surface area contributed by atoms with Gasteiger partial charge < -0.3 is 15.0 Å². The number of hydrogen-bond acceptors (Lipinski definition) is 3. The van der Waals surface area contributed by atoms with Gasteiger partial charge in [-0.05, 0) is 75.7 Å². The van der Waals surface area contributed by atoms with Crippen LogP contribution in [-0.4, -0.2) is 43.6 Å². The zero-order chi connectivity index (χ0) is 16.8. The molecule has 1 aliphatic carbocycles. The van der Waals surface area contributed by atoms with Gasteiger partial charge in [-0.15, -0.1) is 12.4 Å². The summed E-state index contributed by atoms with van der Waals surface area (Å²) in [6.07, 6.45) is 7.81. The van der Waals surface area contributed by atoms with Gasteiger partial charge in [-0.2, -0.15) is 0 Å². The van der Waals surface area contributed by atoms with Crippen molar-refractivity contribution in [3.63, 3.8) is 0 Å². The number of aryl methyl sites for hydroxylation is 1. The average molecular weight is 367 g/mol. The molecule has 1 aromatic carbocycles. The van der Waals surface area contributed by atoms with E-state index in [0.29, 0.717) is 18.4 Å². The highest BCUT2D eigenvalue weighted by atomic mass is 35.5. The van der Waals surface area contributed by atoms with E-state index in [1.807, 2.05) is 24.1 Å². The van der Waals surface area contributed by atoms with E-state index in [1.165, 1.54) is 31.2 Å². The molecule has 1 atom stereocenters. The number of amides is 1. The summed E-state index contributed by atoms with van der Waals surface area (Å²) >= 11 is 0. The molecule has 25 heavy (non-hydrogen) atoms. The van der Waals surface area contributed by atoms with Gasteiger partial charge in [0.05, 0.1) is 6.10 Å². The number of halogens is 1. The minimum absolute atomic E-state index is 0. The molecule has 1 aliphatic heterocycles. The summed E-state index contributed by atoms with van der Waals surface area (Å²) < 4.78 is 6.06. The van der Waals surface area contributed by atoms with Gasteiger partial charge in [0, 0.05) is 19.5 Å². The van der Waals surface area contributed by atoms with E-state index in [0.717, 1.165) is 38.2 Å². The molecule has 2 aliphatic rings. The molecule has 2 fully saturated rings. The fourth-order valence-electron chi connectivity index (χ4n) is 3.90. The SMILES string of the molecule is CNCC1CCN(C(=O)CCc2cccc(OC3CCCC3)c2)C1.Cl. The van der Waals surface area contributed by atoms with E-state index in [9.17, 15) is 4.79 Å². The number of carbonyl (C=O) groups is 1. The highest BCUT2D eigenvalue weighted by Gasteiger charge is 2.25. The quantitative estimate of drug-likeness (QED) is 0.803. The number of nitrogens with one attached hydrogen (secondary N) is 1. The lowest BCUT2D eigenvalue weighted by atomic mass is 10.1. The van der Waals surface area contributed by atoms with Crippen LogP contribution < -0.4 is 10.1 Å². The van der Waals surface area contributed by atoms with Crippen molar-refractivity contribution in [2.45, 2.75) is 51.0 Å². The molecule has 0 radical (unpaired) electrons. The predicted molar refractivity (Wildman–Crippen MR) is 104 cm³/mol. The molecule has 0 bridgehead atoms. The third kappa shape index (κ3) is 5.89. The summed E-state index contributed by atoms with van der Waals surface area (Å²) in [5, 5.41) is 3.21. The van der Waals surface area contributed by atoms with Crippen molar-refractivity contribution in [2.24, 2.45) is 5.92 Å². The molecule has 4 nitrogen and oxygen atoms in total. The summed E-state index contributed by atoms with van der Waals surface area (Å²) in [6, 6.07) is 8.29. The second-order valence-corrected chi connectivity index (χ2v) is 7.22. The summed E-state index contributed by atoms with van der Waals surface area (Å²) in [7, 11) is 1.98. The Hall–Kier alpha value is -1.26. The maximum absolute atomic E-state index is 12.4. The molecule has 1 saturated heterocycles. The van der Waals surface area contributed by atoms with Crippen molar-refractivity contribution < 1.29 is 9.53 Å². The van der Waals surface area contributed by atoms with Crippen LogP contribution in [0.1, 0.15) is 44.1 Å². The van der Waals surface area contributed by atoms with E-state index >= 15 is 0 Å². The summed E-state index contributed by atoms with van der Waals surface area (Å²) in [4.78, 5) is 14.4. The van der Waals surface area contributed by atoms with Crippen molar-refractivity contribution in [2.75, 3.05) is 26.7 Å². The number of rotatable bonds is 7. The van der Waals surface area contributed by atoms with Gasteiger partial charge >= 0.3 is 0 Å². The summed E-state index contributed by atoms with van der Waals surface area (Å²) in [5.41, 5.74) is 1.20. The second kappa shape index (κ2) is 10.0. The lowest BCUT2D eigenvalue weighted by Crippen LogP contribution is -2.30. The van der Waals surface area contributed by atoms with E-state index in [4.69, 9.17) is 4.74 Å². The largest absolute Gasteiger partial charge is 0.490 e. The Morgan fingerprint density at radius 1 is 1.28 bits per heavy atom. The molecule has 1 aromatic rings. The number of ether oxygens (including phenoxy) is 1. The van der Waals surface area contributed by atoms with Crippen LogP contribution in [0.3, 0.4) is 0 Å². The highest BCUT2D eigenvalue weighted by molar-refractivity contribution is 5.85. The molecule has 1 unspecified atom stereocenters. The van der Waals surface area contributed by atoms with Crippen LogP contribution in [0.2, 0.25) is 0 Å². The first-order valence-corrected chi connectivity index (χ1v) is 9.42. The smallest absolute Gasteiger partial charge is 0.222 e. The summed E-state index contributed by atoms with van der Waals surface area (Å²) in [5.74, 6) is 1.86. The van der Waals surface area contributed by atoms with Gasteiger partial charge in [-0.3, -0.25) is 4.79 Å². The minimum atomic E-state index is 0. The van der Waals surface area contributed by atoms with E-state index in [-0.39, 0.29) is 18.3 Å². The van der Waals surface area contributed by atoms with Crippen LogP contribution in [0.5, 0.6) is 5.75 Å². The van der Waals surface area contributed by atoms with E-state index < -0.39 is 0 Å². The fraction of sp³-hybridized carbons (Fsp3) is 0.650. The van der Waals surface area contributed by atoms with Gasteiger partial charge in [0.2, 0.25) is 5.91 Å². The minimum Gasteiger partial charge on any atom is -0.490 e. The van der Waals surface area contributed by atoms with Crippen LogP contribution in [0, 0.1) is 5.92 Å². The van der Waals surface area contributed by atoms with Crippen molar-refractivity contribution in [3.05, 3.63) is 29.8 Å². The molecule has 1 N–H and O–H groups in total. The average Bonchev–Trinajstić information content (AvgIpc) is 3.25. The normalized spacial score (nSPS) is 20.5. The maximum Gasteiger partial charge on any atom is 0.222 e.